The van der Waals surface area contributed by atoms with Crippen molar-refractivity contribution in [2.45, 2.75) is 0 Å². The molecule has 4 N–H and O–H groups in total. The summed E-state index contributed by atoms with van der Waals surface area (Å²) in [6, 6.07) is 7.14. The number of ether oxygens (including phenoxy) is 1. The molecule has 1 aromatic carbocycles. The molecule has 0 unspecified atom stereocenters. The van der Waals surface area contributed by atoms with Crippen molar-refractivity contribution in [1.29, 1.82) is 0 Å². The highest BCUT2D eigenvalue weighted by Gasteiger charge is 2.14. The molecule has 25 heavy (non-hydrogen) atoms. The van der Waals surface area contributed by atoms with Crippen LogP contribution in [0.4, 0.5) is 5.82 Å². The highest BCUT2D eigenvalue weighted by molar-refractivity contribution is 5.95. The molecule has 3 aromatic rings. The van der Waals surface area contributed by atoms with Gasteiger partial charge in [0.05, 0.1) is 6.20 Å². The molecular formula is C17H18N6O2. The van der Waals surface area contributed by atoms with Gasteiger partial charge in [-0.05, 0) is 29.8 Å². The summed E-state index contributed by atoms with van der Waals surface area (Å²) in [5.74, 6) is 0.868. The number of hydrogen-bond acceptors (Lipinski definition) is 6. The van der Waals surface area contributed by atoms with Crippen molar-refractivity contribution in [1.82, 2.24) is 19.9 Å². The minimum atomic E-state index is -0.502. The Kier molecular flexibility index (Phi) is 3.95. The first kappa shape index (κ1) is 15.4. The van der Waals surface area contributed by atoms with E-state index in [2.05, 4.69) is 20.7 Å². The fourth-order valence-electron chi connectivity index (χ4n) is 2.80. The van der Waals surface area contributed by atoms with Gasteiger partial charge in [-0.1, -0.05) is 0 Å². The van der Waals surface area contributed by atoms with Gasteiger partial charge in [-0.15, -0.1) is 0 Å². The van der Waals surface area contributed by atoms with Gasteiger partial charge in [0.15, 0.2) is 5.65 Å². The summed E-state index contributed by atoms with van der Waals surface area (Å²) in [6.07, 6.45) is 3.58. The molecule has 4 rings (SSSR count). The van der Waals surface area contributed by atoms with E-state index in [0.717, 1.165) is 30.0 Å². The number of aromatic nitrogens is 3. The Labute approximate surface area is 144 Å². The van der Waals surface area contributed by atoms with Crippen molar-refractivity contribution in [3.8, 4) is 16.9 Å². The summed E-state index contributed by atoms with van der Waals surface area (Å²) >= 11 is 0. The third-order valence-electron chi connectivity index (χ3n) is 4.03. The predicted molar refractivity (Wildman–Crippen MR) is 93.8 cm³/mol. The van der Waals surface area contributed by atoms with Gasteiger partial charge in [-0.2, -0.15) is 5.10 Å². The van der Waals surface area contributed by atoms with Crippen molar-refractivity contribution >= 4 is 17.4 Å². The van der Waals surface area contributed by atoms with Crippen molar-refractivity contribution < 1.29 is 9.53 Å². The molecule has 8 nitrogen and oxygen atoms in total. The highest BCUT2D eigenvalue weighted by atomic mass is 16.5. The van der Waals surface area contributed by atoms with Crippen LogP contribution in [0.2, 0.25) is 0 Å². The maximum atomic E-state index is 11.7. The van der Waals surface area contributed by atoms with Gasteiger partial charge in [0.1, 0.15) is 18.2 Å². The summed E-state index contributed by atoms with van der Waals surface area (Å²) in [6.45, 7) is 2.73. The van der Waals surface area contributed by atoms with Gasteiger partial charge in [0.2, 0.25) is 5.91 Å². The number of fused-ring (bicyclic) bond motifs is 4. The quantitative estimate of drug-likeness (QED) is 0.608. The van der Waals surface area contributed by atoms with E-state index >= 15 is 0 Å². The molecule has 0 atom stereocenters. The second-order valence-electron chi connectivity index (χ2n) is 5.77. The Hall–Kier alpha value is -3.13. The summed E-state index contributed by atoms with van der Waals surface area (Å²) < 4.78 is 7.47. The van der Waals surface area contributed by atoms with Gasteiger partial charge in [0, 0.05) is 37.0 Å². The molecule has 0 saturated heterocycles. The second kappa shape index (κ2) is 6.40. The summed E-state index contributed by atoms with van der Waals surface area (Å²) in [4.78, 5) is 16.3. The Balaban J connectivity index is 1.89. The van der Waals surface area contributed by atoms with Gasteiger partial charge in [-0.3, -0.25) is 4.79 Å². The number of hydrogen-bond donors (Lipinski definition) is 3. The van der Waals surface area contributed by atoms with E-state index in [-0.39, 0.29) is 0 Å². The first-order chi connectivity index (χ1) is 12.2. The minimum absolute atomic E-state index is 0.390. The Morgan fingerprint density at radius 1 is 1.24 bits per heavy atom. The van der Waals surface area contributed by atoms with E-state index in [4.69, 9.17) is 10.5 Å². The van der Waals surface area contributed by atoms with E-state index in [9.17, 15) is 4.79 Å². The number of carbonyl (C=O) groups excluding carboxylic acids is 1. The monoisotopic (exact) mass is 338 g/mol. The lowest BCUT2D eigenvalue weighted by molar-refractivity contribution is 0.1000. The molecule has 1 aliphatic rings. The molecule has 8 heteroatoms. The van der Waals surface area contributed by atoms with Crippen molar-refractivity contribution in [3.05, 3.63) is 42.2 Å². The maximum absolute atomic E-state index is 11.7. The van der Waals surface area contributed by atoms with Gasteiger partial charge in [-0.25, -0.2) is 9.50 Å². The smallest absolute Gasteiger partial charge is 0.248 e. The maximum Gasteiger partial charge on any atom is 0.248 e. The first-order valence-corrected chi connectivity index (χ1v) is 8.08. The third kappa shape index (κ3) is 3.11. The van der Waals surface area contributed by atoms with E-state index < -0.39 is 5.91 Å². The van der Waals surface area contributed by atoms with Gasteiger partial charge >= 0.3 is 0 Å². The molecule has 2 aromatic heterocycles. The number of anilines is 1. The topological polar surface area (TPSA) is 107 Å². The van der Waals surface area contributed by atoms with Crippen molar-refractivity contribution in [3.63, 3.8) is 0 Å². The summed E-state index contributed by atoms with van der Waals surface area (Å²) in [5.41, 5.74) is 8.16. The second-order valence-corrected chi connectivity index (χ2v) is 5.77. The molecule has 0 aliphatic carbocycles. The van der Waals surface area contributed by atoms with Gasteiger partial charge in [0.25, 0.3) is 0 Å². The molecule has 0 spiro atoms. The van der Waals surface area contributed by atoms with Crippen LogP contribution in [0.3, 0.4) is 0 Å². The third-order valence-corrected chi connectivity index (χ3v) is 4.03. The number of nitrogens with zero attached hydrogens (tertiary/aromatic N) is 3. The van der Waals surface area contributed by atoms with E-state index in [1.165, 1.54) is 0 Å². The molecule has 0 saturated carbocycles. The fourth-order valence-corrected chi connectivity index (χ4v) is 2.80. The van der Waals surface area contributed by atoms with Crippen LogP contribution in [0.15, 0.2) is 36.7 Å². The predicted octanol–water partition coefficient (Wildman–Crippen LogP) is 0.889. The molecule has 4 bridgehead atoms. The average Bonchev–Trinajstić information content (AvgIpc) is 3.03. The average molecular weight is 338 g/mol. The summed E-state index contributed by atoms with van der Waals surface area (Å²) in [7, 11) is 0. The van der Waals surface area contributed by atoms with Crippen LogP contribution < -0.4 is 21.1 Å². The van der Waals surface area contributed by atoms with E-state index in [1.807, 2.05) is 18.3 Å². The SMILES string of the molecule is NC(=O)c1cc2cc(c1)-c1cnn3ccc(nc13)NCCNCCO2. The van der Waals surface area contributed by atoms with Crippen molar-refractivity contribution in [2.75, 3.05) is 31.6 Å². The van der Waals surface area contributed by atoms with Crippen LogP contribution in [0.5, 0.6) is 5.75 Å². The van der Waals surface area contributed by atoms with Crippen LogP contribution in [-0.2, 0) is 0 Å². The number of rotatable bonds is 1. The zero-order valence-electron chi connectivity index (χ0n) is 13.5. The van der Waals surface area contributed by atoms with Crippen LogP contribution in [-0.4, -0.2) is 46.7 Å². The highest BCUT2D eigenvalue weighted by Crippen LogP contribution is 2.29. The molecule has 0 radical (unpaired) electrons. The lowest BCUT2D eigenvalue weighted by Gasteiger charge is -2.12. The Morgan fingerprint density at radius 3 is 3.04 bits per heavy atom. The number of carbonyl (C=O) groups is 1. The number of amides is 1. The van der Waals surface area contributed by atoms with Crippen LogP contribution in [0.25, 0.3) is 16.8 Å². The molecular weight excluding hydrogens is 320 g/mol. The lowest BCUT2D eigenvalue weighted by Crippen LogP contribution is -2.27. The van der Waals surface area contributed by atoms with Crippen molar-refractivity contribution in [2.24, 2.45) is 5.73 Å². The standard InChI is InChI=1S/C17H18N6O2/c18-16(24)12-7-11-8-13(9-12)25-6-4-19-2-3-20-15-1-5-23-17(22-15)14(11)10-21-23/h1,5,7-10,19H,2-4,6H2,(H2,18,24)(H,20,22). The fraction of sp³-hybridized carbons (Fsp3) is 0.235. The van der Waals surface area contributed by atoms with Crippen LogP contribution in [0.1, 0.15) is 10.4 Å². The molecule has 1 amide bonds. The van der Waals surface area contributed by atoms with E-state index in [1.54, 1.807) is 22.8 Å². The minimum Gasteiger partial charge on any atom is -0.492 e. The largest absolute Gasteiger partial charge is 0.492 e. The normalized spacial score (nSPS) is 14.6. The number of benzene rings is 1. The number of nitrogens with one attached hydrogen (secondary N) is 2. The first-order valence-electron chi connectivity index (χ1n) is 8.08. The Morgan fingerprint density at radius 2 is 2.16 bits per heavy atom. The molecule has 128 valence electrons. The van der Waals surface area contributed by atoms with E-state index in [0.29, 0.717) is 30.1 Å². The number of nitrogens with two attached hydrogens (primary N) is 1. The number of primary amides is 1. The Bertz CT molecular complexity index is 936. The zero-order valence-corrected chi connectivity index (χ0v) is 13.5. The van der Waals surface area contributed by atoms with Crippen LogP contribution >= 0.6 is 0 Å². The summed E-state index contributed by atoms with van der Waals surface area (Å²) in [5, 5.41) is 10.9. The lowest BCUT2D eigenvalue weighted by atomic mass is 10.0. The zero-order chi connectivity index (χ0) is 17.2. The molecule has 1 aliphatic heterocycles. The van der Waals surface area contributed by atoms with Gasteiger partial charge < -0.3 is 21.1 Å². The molecule has 0 fully saturated rings. The molecule has 3 heterocycles. The van der Waals surface area contributed by atoms with Crippen LogP contribution in [0, 0.1) is 0 Å².